The number of carbonyl (C=O) groups is 1. The van der Waals surface area contributed by atoms with Crippen LogP contribution in [-0.4, -0.2) is 11.0 Å². The van der Waals surface area contributed by atoms with E-state index in [9.17, 15) is 4.79 Å². The Kier molecular flexibility index (Phi) is 9.56. The fourth-order valence-corrected chi connectivity index (χ4v) is 3.76. The summed E-state index contributed by atoms with van der Waals surface area (Å²) in [6, 6.07) is 8.01. The van der Waals surface area contributed by atoms with Crippen molar-refractivity contribution in [2.24, 2.45) is 11.7 Å². The van der Waals surface area contributed by atoms with E-state index in [-0.39, 0.29) is 22.1 Å². The van der Waals surface area contributed by atoms with Crippen molar-refractivity contribution in [2.45, 2.75) is 57.1 Å². The first-order valence-corrected chi connectivity index (χ1v) is 9.19. The Labute approximate surface area is 154 Å². The van der Waals surface area contributed by atoms with Crippen molar-refractivity contribution in [3.63, 3.8) is 0 Å². The number of amidine groups is 1. The first kappa shape index (κ1) is 20.2. The fraction of sp³-hybridized carbons (Fsp3) is 0.556. The molecule has 0 spiro atoms. The van der Waals surface area contributed by atoms with Gasteiger partial charge in [0.15, 0.2) is 5.17 Å². The first-order valence-electron chi connectivity index (χ1n) is 8.20. The summed E-state index contributed by atoms with van der Waals surface area (Å²) in [5.41, 5.74) is 7.61. The highest BCUT2D eigenvalue weighted by Gasteiger charge is 2.15. The van der Waals surface area contributed by atoms with Crippen LogP contribution in [0, 0.1) is 11.3 Å². The van der Waals surface area contributed by atoms with Crippen LogP contribution in [-0.2, 0) is 17.0 Å². The molecule has 0 aliphatic heterocycles. The fourth-order valence-electron chi connectivity index (χ4n) is 3.17. The van der Waals surface area contributed by atoms with Crippen LogP contribution in [0.3, 0.4) is 0 Å². The average molecular weight is 399 g/mol. The summed E-state index contributed by atoms with van der Waals surface area (Å²) in [5, 5.41) is 7.43. The number of carbonyl (C=O) groups excluding carboxylic acids is 1. The van der Waals surface area contributed by atoms with E-state index in [1.165, 1.54) is 43.9 Å². The lowest BCUT2D eigenvalue weighted by Gasteiger charge is -2.21. The highest BCUT2D eigenvalue weighted by Crippen LogP contribution is 2.27. The van der Waals surface area contributed by atoms with Crippen LogP contribution in [0.15, 0.2) is 24.3 Å². The molecule has 1 aliphatic rings. The summed E-state index contributed by atoms with van der Waals surface area (Å²) >= 11 is 1.31. The number of halogens is 1. The number of hydrogen-bond acceptors (Lipinski definition) is 3. The van der Waals surface area contributed by atoms with Crippen LogP contribution in [0.2, 0.25) is 0 Å². The Morgan fingerprint density at radius 1 is 1.17 bits per heavy atom. The van der Waals surface area contributed by atoms with Gasteiger partial charge in [-0.15, -0.1) is 17.0 Å². The molecule has 1 aromatic rings. The molecule has 5 heteroatoms. The SMILES string of the molecule is Br.N=C(N)SCc1ccccc1CC(=O)CCC1CCCCC1. The number of Topliss-reactive ketones (excluding diaryl/α,β-unsaturated/α-hetero) is 1. The number of thioether (sulfide) groups is 1. The Balaban J connectivity index is 0.00000264. The average Bonchev–Trinajstić information content (AvgIpc) is 2.53. The summed E-state index contributed by atoms with van der Waals surface area (Å²) in [5.74, 6) is 1.77. The number of benzene rings is 1. The molecular weight excluding hydrogens is 372 g/mol. The highest BCUT2D eigenvalue weighted by molar-refractivity contribution is 8.93. The molecule has 3 N–H and O–H groups in total. The molecule has 1 saturated carbocycles. The molecule has 0 aromatic heterocycles. The van der Waals surface area contributed by atoms with Crippen molar-refractivity contribution in [2.75, 3.05) is 0 Å². The molecule has 0 radical (unpaired) electrons. The van der Waals surface area contributed by atoms with Crippen molar-refractivity contribution >= 4 is 39.7 Å². The minimum atomic E-state index is 0. The molecule has 23 heavy (non-hydrogen) atoms. The van der Waals surface area contributed by atoms with Gasteiger partial charge in [-0.05, 0) is 23.5 Å². The lowest BCUT2D eigenvalue weighted by atomic mass is 9.85. The Morgan fingerprint density at radius 3 is 2.48 bits per heavy atom. The van der Waals surface area contributed by atoms with Gasteiger partial charge in [0, 0.05) is 18.6 Å². The second-order valence-electron chi connectivity index (χ2n) is 6.18. The molecule has 1 aromatic carbocycles. The largest absolute Gasteiger partial charge is 0.379 e. The van der Waals surface area contributed by atoms with E-state index < -0.39 is 0 Å². The lowest BCUT2D eigenvalue weighted by molar-refractivity contribution is -0.118. The molecule has 1 aliphatic carbocycles. The highest BCUT2D eigenvalue weighted by atomic mass is 79.9. The Bertz CT molecular complexity index is 515. The van der Waals surface area contributed by atoms with Gasteiger partial charge in [0.25, 0.3) is 0 Å². The minimum Gasteiger partial charge on any atom is -0.379 e. The second kappa shape index (κ2) is 10.9. The first-order chi connectivity index (χ1) is 10.6. The third-order valence-corrected chi connectivity index (χ3v) is 5.21. The molecule has 0 atom stereocenters. The molecule has 3 nitrogen and oxygen atoms in total. The van der Waals surface area contributed by atoms with E-state index in [4.69, 9.17) is 11.1 Å². The van der Waals surface area contributed by atoms with E-state index in [2.05, 4.69) is 0 Å². The zero-order valence-electron chi connectivity index (χ0n) is 13.6. The maximum atomic E-state index is 12.3. The van der Waals surface area contributed by atoms with E-state index >= 15 is 0 Å². The molecule has 0 saturated heterocycles. The van der Waals surface area contributed by atoms with E-state index in [1.54, 1.807) is 0 Å². The second-order valence-corrected chi connectivity index (χ2v) is 7.20. The van der Waals surface area contributed by atoms with Crippen LogP contribution >= 0.6 is 28.7 Å². The third-order valence-electron chi connectivity index (χ3n) is 4.45. The van der Waals surface area contributed by atoms with Crippen molar-refractivity contribution in [3.05, 3.63) is 35.4 Å². The number of nitrogens with one attached hydrogen (secondary N) is 1. The van der Waals surface area contributed by atoms with Gasteiger partial charge in [0.2, 0.25) is 0 Å². The van der Waals surface area contributed by atoms with Crippen LogP contribution in [0.25, 0.3) is 0 Å². The van der Waals surface area contributed by atoms with Crippen molar-refractivity contribution in [3.8, 4) is 0 Å². The molecule has 0 amide bonds. The van der Waals surface area contributed by atoms with Gasteiger partial charge in [0.05, 0.1) is 0 Å². The van der Waals surface area contributed by atoms with Crippen LogP contribution < -0.4 is 5.73 Å². The van der Waals surface area contributed by atoms with E-state index in [0.29, 0.717) is 24.4 Å². The molecule has 0 heterocycles. The summed E-state index contributed by atoms with van der Waals surface area (Å²) in [6.07, 6.45) is 8.93. The molecular formula is C18H27BrN2OS. The predicted octanol–water partition coefficient (Wildman–Crippen LogP) is 4.86. The quantitative estimate of drug-likeness (QED) is 0.508. The molecule has 0 unspecified atom stereocenters. The third kappa shape index (κ3) is 7.53. The summed E-state index contributed by atoms with van der Waals surface area (Å²) in [6.45, 7) is 0. The molecule has 0 bridgehead atoms. The number of hydrogen-bond donors (Lipinski definition) is 2. The topological polar surface area (TPSA) is 66.9 Å². The standard InChI is InChI=1S/C18H26N2OS.BrH/c19-18(20)22-13-16-9-5-4-8-15(16)12-17(21)11-10-14-6-2-1-3-7-14;/h4-5,8-9,14H,1-3,6-7,10-13H2,(H3,19,20);1H. The molecule has 128 valence electrons. The lowest BCUT2D eigenvalue weighted by Crippen LogP contribution is -2.11. The van der Waals surface area contributed by atoms with Crippen LogP contribution in [0.5, 0.6) is 0 Å². The summed E-state index contributed by atoms with van der Waals surface area (Å²) in [7, 11) is 0. The zero-order valence-corrected chi connectivity index (χ0v) is 16.1. The van der Waals surface area contributed by atoms with Gasteiger partial charge in [-0.2, -0.15) is 0 Å². The van der Waals surface area contributed by atoms with Crippen LogP contribution in [0.1, 0.15) is 56.1 Å². The Hall–Kier alpha value is -0.810. The minimum absolute atomic E-state index is 0. The molecule has 1 fully saturated rings. The van der Waals surface area contributed by atoms with E-state index in [1.807, 2.05) is 24.3 Å². The van der Waals surface area contributed by atoms with Gasteiger partial charge < -0.3 is 5.73 Å². The number of nitrogens with two attached hydrogens (primary N) is 1. The van der Waals surface area contributed by atoms with Crippen molar-refractivity contribution in [1.29, 1.82) is 5.41 Å². The zero-order chi connectivity index (χ0) is 15.8. The van der Waals surface area contributed by atoms with E-state index in [0.717, 1.165) is 23.5 Å². The number of rotatable bonds is 7. The summed E-state index contributed by atoms with van der Waals surface area (Å²) in [4.78, 5) is 12.3. The maximum absolute atomic E-state index is 12.3. The molecule has 2 rings (SSSR count). The van der Waals surface area contributed by atoms with Crippen LogP contribution in [0.4, 0.5) is 0 Å². The number of ketones is 1. The van der Waals surface area contributed by atoms with Gasteiger partial charge in [-0.25, -0.2) is 0 Å². The van der Waals surface area contributed by atoms with Gasteiger partial charge >= 0.3 is 0 Å². The van der Waals surface area contributed by atoms with Gasteiger partial charge in [-0.3, -0.25) is 10.2 Å². The van der Waals surface area contributed by atoms with Crippen molar-refractivity contribution < 1.29 is 4.79 Å². The predicted molar refractivity (Wildman–Crippen MR) is 104 cm³/mol. The maximum Gasteiger partial charge on any atom is 0.151 e. The normalized spacial score (nSPS) is 15.0. The summed E-state index contributed by atoms with van der Waals surface area (Å²) < 4.78 is 0. The van der Waals surface area contributed by atoms with Crippen molar-refractivity contribution in [1.82, 2.24) is 0 Å². The smallest absolute Gasteiger partial charge is 0.151 e. The Morgan fingerprint density at radius 2 is 1.83 bits per heavy atom. The van der Waals surface area contributed by atoms with Gasteiger partial charge in [0.1, 0.15) is 5.78 Å². The monoisotopic (exact) mass is 398 g/mol. The van der Waals surface area contributed by atoms with Gasteiger partial charge in [-0.1, -0.05) is 68.1 Å².